The molecule has 4 N–H and O–H groups in total. The molecule has 0 aromatic rings. The smallest absolute Gasteiger partial charge is 0.280 e. The molecule has 0 aliphatic carbocycles. The molecule has 0 amide bonds. The molecule has 0 fully saturated rings. The van der Waals surface area contributed by atoms with Gasteiger partial charge in [0.25, 0.3) is 42.2 Å². The lowest BCUT2D eigenvalue weighted by molar-refractivity contribution is 0.00533. The summed E-state index contributed by atoms with van der Waals surface area (Å²) < 4.78 is 89.1. The Labute approximate surface area is 349 Å². The Balaban J connectivity index is 1.39. The SMILES string of the molecule is ClP1(Cl)=NP23=NP(=N1)(NCCCCCNP14=NP(Cl)(Cl)=NP(=N1)(NCCCCCN2)OCCOCCOCCOCCO4)OCCOCCOCCOCCO3. The van der Waals surface area contributed by atoms with E-state index in [4.69, 9.17) is 119 Å². The molecule has 0 aromatic carbocycles. The molecule has 0 saturated heterocycles. The number of rotatable bonds is 0. The van der Waals surface area contributed by atoms with Crippen LogP contribution in [0.2, 0.25) is 0 Å². The van der Waals surface area contributed by atoms with Crippen molar-refractivity contribution in [3.8, 4) is 0 Å². The monoisotopic (exact) mass is 994 g/mol. The van der Waals surface area contributed by atoms with Crippen molar-refractivity contribution in [1.29, 1.82) is 0 Å². The van der Waals surface area contributed by atoms with Crippen LogP contribution < -0.4 is 20.3 Å². The highest BCUT2D eigenvalue weighted by Gasteiger charge is 2.39. The molecule has 4 unspecified atom stereocenters. The van der Waals surface area contributed by atoms with E-state index < -0.39 is 42.2 Å². The van der Waals surface area contributed by atoms with Gasteiger partial charge in [0, 0.05) is 26.2 Å². The van der Waals surface area contributed by atoms with Crippen LogP contribution in [0.15, 0.2) is 27.1 Å². The molecule has 0 aromatic heterocycles. The van der Waals surface area contributed by atoms with Gasteiger partial charge in [0.2, 0.25) is 0 Å². The first-order chi connectivity index (χ1) is 27.1. The molecular weight excluding hydrogens is 940 g/mol. The van der Waals surface area contributed by atoms with Crippen molar-refractivity contribution in [2.45, 2.75) is 38.5 Å². The molecule has 4 bridgehead atoms. The quantitative estimate of drug-likeness (QED) is 0.166. The average Bonchev–Trinajstić information content (AvgIpc) is 3.12. The average molecular weight is 996 g/mol. The fourth-order valence-corrected chi connectivity index (χ4v) is 29.2. The molecule has 20 nitrogen and oxygen atoms in total. The zero-order valence-corrected chi connectivity index (χ0v) is 39.7. The lowest BCUT2D eigenvalue weighted by Gasteiger charge is -2.32. The molecule has 30 heteroatoms. The van der Waals surface area contributed by atoms with Gasteiger partial charge in [0.15, 0.2) is 0 Å². The number of hydrogen-bond donors (Lipinski definition) is 4. The zero-order chi connectivity index (χ0) is 39.5. The van der Waals surface area contributed by atoms with Crippen LogP contribution in [0.1, 0.15) is 38.5 Å². The van der Waals surface area contributed by atoms with E-state index >= 15 is 0 Å². The number of hydrogen-bond acceptors (Lipinski definition) is 20. The Hall–Kier alpha value is 1.98. The minimum absolute atomic E-state index is 0.206. The predicted octanol–water partition coefficient (Wildman–Crippen LogP) is 9.55. The normalized spacial score (nSPS) is 36.2. The second-order valence-electron chi connectivity index (χ2n) is 12.4. The third-order valence-corrected chi connectivity index (χ3v) is 28.6. The minimum atomic E-state index is -3.27. The van der Waals surface area contributed by atoms with Gasteiger partial charge in [-0.25, -0.2) is 20.3 Å². The highest BCUT2D eigenvalue weighted by atomic mass is 35.9. The Morgan fingerprint density at radius 2 is 0.518 bits per heavy atom. The van der Waals surface area contributed by atoms with Gasteiger partial charge < -0.3 is 46.5 Å². The number of halogens is 4. The van der Waals surface area contributed by atoms with E-state index in [0.29, 0.717) is 105 Å². The summed E-state index contributed by atoms with van der Waals surface area (Å²) in [5.41, 5.74) is 0. The van der Waals surface area contributed by atoms with E-state index in [1.54, 1.807) is 0 Å². The Bertz CT molecular complexity index is 1410. The summed E-state index contributed by atoms with van der Waals surface area (Å²) in [7, 11) is -12.7. The lowest BCUT2D eigenvalue weighted by Crippen LogP contribution is -2.22. The lowest BCUT2D eigenvalue weighted by atomic mass is 10.2. The van der Waals surface area contributed by atoms with Crippen LogP contribution in [-0.4, -0.2) is 132 Å². The maximum Gasteiger partial charge on any atom is 0.280 e. The van der Waals surface area contributed by atoms with Crippen molar-refractivity contribution < 1.29 is 46.5 Å². The van der Waals surface area contributed by atoms with Crippen LogP contribution in [0.5, 0.6) is 0 Å². The molecule has 328 valence electrons. The summed E-state index contributed by atoms with van der Waals surface area (Å²) in [4.78, 5) is 0. The first kappa shape index (κ1) is 49.0. The van der Waals surface area contributed by atoms with Crippen LogP contribution in [0.4, 0.5) is 0 Å². The standard InChI is InChI=1S/C26H56Cl4N10O10P6/c27-51(28)35-53-31-7-3-1-4-8-32-54-36-52(29,30)38-56(40-54,50-26-22-46-18-14-42-12-16-44-20-24-48-54)34-10-6-2-5-9-33-55(37-51,39-53)49-25-21-45-17-13-41-11-15-43-19-23-47-53/h31-34H,1-26H2. The summed E-state index contributed by atoms with van der Waals surface area (Å²) in [6, 6.07) is 0. The molecule has 0 spiro atoms. The third-order valence-electron chi connectivity index (χ3n) is 7.86. The summed E-state index contributed by atoms with van der Waals surface area (Å²) in [6.45, 7) is 7.45. The van der Waals surface area contributed by atoms with Crippen molar-refractivity contribution in [2.75, 3.05) is 132 Å². The molecule has 4 atom stereocenters. The topological polar surface area (TPSA) is 215 Å². The first-order valence-corrected chi connectivity index (χ1v) is 32.2. The highest BCUT2D eigenvalue weighted by molar-refractivity contribution is 8.13. The maximum absolute atomic E-state index is 6.87. The van der Waals surface area contributed by atoms with Crippen LogP contribution in [0.3, 0.4) is 0 Å². The van der Waals surface area contributed by atoms with Crippen molar-refractivity contribution >= 4 is 87.1 Å². The van der Waals surface area contributed by atoms with Gasteiger partial charge in [-0.05, 0) is 70.6 Å². The van der Waals surface area contributed by atoms with E-state index in [1.807, 2.05) is 0 Å². The van der Waals surface area contributed by atoms with Gasteiger partial charge in [-0.2, -0.15) is 27.1 Å². The number of nitrogens with zero attached hydrogens (tertiary/aromatic N) is 6. The van der Waals surface area contributed by atoms with Crippen LogP contribution in [0.25, 0.3) is 0 Å². The molecule has 5 aliphatic rings. The minimum Gasteiger partial charge on any atom is -0.377 e. The van der Waals surface area contributed by atoms with E-state index in [9.17, 15) is 0 Å². The van der Waals surface area contributed by atoms with E-state index in [1.165, 1.54) is 0 Å². The van der Waals surface area contributed by atoms with Gasteiger partial charge in [-0.3, -0.25) is 0 Å². The van der Waals surface area contributed by atoms with Gasteiger partial charge >= 0.3 is 0 Å². The van der Waals surface area contributed by atoms with Crippen LogP contribution in [-0.2, 0) is 46.5 Å². The number of nitrogens with one attached hydrogen (secondary N) is 4. The Morgan fingerprint density at radius 1 is 0.286 bits per heavy atom. The predicted molar refractivity (Wildman–Crippen MR) is 228 cm³/mol. The number of ether oxygens (including phenoxy) is 6. The molecule has 5 aliphatic heterocycles. The molecular formula is C26H56Cl4N10O10P6. The fourth-order valence-electron chi connectivity index (χ4n) is 5.39. The molecule has 0 saturated carbocycles. The van der Waals surface area contributed by atoms with Gasteiger partial charge in [0.05, 0.1) is 106 Å². The summed E-state index contributed by atoms with van der Waals surface area (Å²) in [5, 5.41) is 13.9. The van der Waals surface area contributed by atoms with E-state index in [-0.39, 0.29) is 26.4 Å². The fraction of sp³-hybridized carbons (Fsp3) is 1.00. The Kier molecular flexibility index (Phi) is 22.2. The largest absolute Gasteiger partial charge is 0.377 e. The summed E-state index contributed by atoms with van der Waals surface area (Å²) in [5.74, 6) is -6.54. The van der Waals surface area contributed by atoms with Crippen molar-refractivity contribution in [3.63, 3.8) is 0 Å². The zero-order valence-electron chi connectivity index (χ0n) is 31.3. The van der Waals surface area contributed by atoms with E-state index in [0.717, 1.165) is 38.5 Å². The van der Waals surface area contributed by atoms with Crippen molar-refractivity contribution in [3.05, 3.63) is 0 Å². The second-order valence-corrected chi connectivity index (χ2v) is 31.8. The van der Waals surface area contributed by atoms with Crippen LogP contribution in [0, 0.1) is 0 Å². The summed E-state index contributed by atoms with van der Waals surface area (Å²) in [6.07, 6.45) is 4.54. The molecule has 0 radical (unpaired) electrons. The van der Waals surface area contributed by atoms with Crippen LogP contribution >= 0.6 is 87.1 Å². The molecule has 56 heavy (non-hydrogen) atoms. The van der Waals surface area contributed by atoms with Crippen molar-refractivity contribution in [1.82, 2.24) is 20.3 Å². The van der Waals surface area contributed by atoms with E-state index in [2.05, 4.69) is 20.3 Å². The third kappa shape index (κ3) is 17.6. The van der Waals surface area contributed by atoms with Gasteiger partial charge in [-0.1, -0.05) is 12.8 Å². The second kappa shape index (κ2) is 25.3. The first-order valence-electron chi connectivity index (χ1n) is 18.7. The Morgan fingerprint density at radius 3 is 0.786 bits per heavy atom. The highest BCUT2D eigenvalue weighted by Crippen LogP contribution is 2.82. The van der Waals surface area contributed by atoms with Gasteiger partial charge in [0.1, 0.15) is 0 Å². The summed E-state index contributed by atoms with van der Waals surface area (Å²) >= 11 is 27.5. The maximum atomic E-state index is 6.87. The van der Waals surface area contributed by atoms with Crippen molar-refractivity contribution in [2.24, 2.45) is 27.1 Å². The molecule has 5 rings (SSSR count). The van der Waals surface area contributed by atoms with Gasteiger partial charge in [-0.15, -0.1) is 0 Å². The molecule has 5 heterocycles.